The third-order valence-corrected chi connectivity index (χ3v) is 3.31. The second kappa shape index (κ2) is 9.20. The molecule has 1 unspecified atom stereocenters. The molecule has 1 atom stereocenters. The standard InChI is InChI=1S/C17H25NO4.C3H8/c1-12(19)10-16(2,3)20-11-13-6-8-14(9-7-13)15-18-22-17(4,5)21-15;1-3-2/h6-9,12,19H,10-11H2,1-5H3;3H2,1-2H3. The van der Waals surface area contributed by atoms with E-state index in [0.29, 0.717) is 18.9 Å². The highest BCUT2D eigenvalue weighted by atomic mass is 16.8. The van der Waals surface area contributed by atoms with Crippen LogP contribution in [0.25, 0.3) is 0 Å². The van der Waals surface area contributed by atoms with Gasteiger partial charge in [0, 0.05) is 25.8 Å². The molecule has 1 heterocycles. The molecular formula is C20H33NO4. The fraction of sp³-hybridized carbons (Fsp3) is 0.650. The summed E-state index contributed by atoms with van der Waals surface area (Å²) in [6.07, 6.45) is 1.47. The second-order valence-electron chi connectivity index (χ2n) is 7.50. The van der Waals surface area contributed by atoms with Crippen molar-refractivity contribution in [1.29, 1.82) is 0 Å². The molecule has 1 aliphatic rings. The molecule has 1 N–H and O–H groups in total. The van der Waals surface area contributed by atoms with Crippen molar-refractivity contribution in [2.24, 2.45) is 5.16 Å². The molecule has 25 heavy (non-hydrogen) atoms. The number of aliphatic hydroxyl groups is 1. The lowest BCUT2D eigenvalue weighted by atomic mass is 10.0. The van der Waals surface area contributed by atoms with Gasteiger partial charge in [0.1, 0.15) is 0 Å². The van der Waals surface area contributed by atoms with Crippen molar-refractivity contribution in [3.8, 4) is 0 Å². The molecule has 0 amide bonds. The largest absolute Gasteiger partial charge is 0.431 e. The molecule has 0 radical (unpaired) electrons. The molecule has 1 aliphatic heterocycles. The van der Waals surface area contributed by atoms with Gasteiger partial charge >= 0.3 is 0 Å². The van der Waals surface area contributed by atoms with Crippen molar-refractivity contribution in [3.05, 3.63) is 35.4 Å². The average molecular weight is 351 g/mol. The molecule has 0 aliphatic carbocycles. The van der Waals surface area contributed by atoms with Crippen molar-refractivity contribution in [3.63, 3.8) is 0 Å². The summed E-state index contributed by atoms with van der Waals surface area (Å²) >= 11 is 0. The van der Waals surface area contributed by atoms with E-state index in [2.05, 4.69) is 19.0 Å². The van der Waals surface area contributed by atoms with Gasteiger partial charge in [0.05, 0.1) is 18.3 Å². The van der Waals surface area contributed by atoms with Crippen LogP contribution in [0.15, 0.2) is 29.4 Å². The summed E-state index contributed by atoms with van der Waals surface area (Å²) in [6.45, 7) is 14.1. The molecule has 0 aromatic heterocycles. The van der Waals surface area contributed by atoms with E-state index in [4.69, 9.17) is 14.3 Å². The number of benzene rings is 1. The number of nitrogens with zero attached hydrogens (tertiary/aromatic N) is 1. The van der Waals surface area contributed by atoms with Crippen LogP contribution in [-0.4, -0.2) is 28.5 Å². The first-order chi connectivity index (χ1) is 11.6. The van der Waals surface area contributed by atoms with Gasteiger partial charge in [-0.05, 0) is 43.6 Å². The molecule has 0 saturated heterocycles. The van der Waals surface area contributed by atoms with E-state index in [-0.39, 0.29) is 11.7 Å². The van der Waals surface area contributed by atoms with Crippen molar-refractivity contribution >= 4 is 5.90 Å². The maximum atomic E-state index is 9.47. The highest BCUT2D eigenvalue weighted by molar-refractivity contribution is 5.94. The van der Waals surface area contributed by atoms with Crippen LogP contribution < -0.4 is 0 Å². The molecular weight excluding hydrogens is 318 g/mol. The lowest BCUT2D eigenvalue weighted by molar-refractivity contribution is -0.128. The molecule has 2 rings (SSSR count). The van der Waals surface area contributed by atoms with Gasteiger partial charge in [-0.1, -0.05) is 32.4 Å². The summed E-state index contributed by atoms with van der Waals surface area (Å²) in [7, 11) is 0. The monoisotopic (exact) mass is 351 g/mol. The summed E-state index contributed by atoms with van der Waals surface area (Å²) in [5.74, 6) is -0.214. The first-order valence-electron chi connectivity index (χ1n) is 8.95. The number of rotatable bonds is 6. The molecule has 5 nitrogen and oxygen atoms in total. The maximum Gasteiger partial charge on any atom is 0.271 e. The number of oxime groups is 1. The molecule has 1 aromatic carbocycles. The van der Waals surface area contributed by atoms with E-state index < -0.39 is 5.79 Å². The van der Waals surface area contributed by atoms with Gasteiger partial charge in [0.25, 0.3) is 11.7 Å². The highest BCUT2D eigenvalue weighted by Crippen LogP contribution is 2.23. The van der Waals surface area contributed by atoms with Gasteiger partial charge in [-0.3, -0.25) is 0 Å². The zero-order chi connectivity index (χ0) is 19.1. The van der Waals surface area contributed by atoms with Gasteiger partial charge < -0.3 is 19.4 Å². The van der Waals surface area contributed by atoms with Crippen molar-refractivity contribution in [2.45, 2.75) is 85.4 Å². The van der Waals surface area contributed by atoms with Gasteiger partial charge in [0.2, 0.25) is 0 Å². The lowest BCUT2D eigenvalue weighted by Crippen LogP contribution is -2.28. The van der Waals surface area contributed by atoms with E-state index >= 15 is 0 Å². The molecule has 1 aromatic rings. The Hall–Kier alpha value is -1.59. The molecule has 142 valence electrons. The fourth-order valence-electron chi connectivity index (χ4n) is 2.33. The molecule has 0 bridgehead atoms. The Bertz CT molecular complexity index is 547. The average Bonchev–Trinajstić information content (AvgIpc) is 2.85. The summed E-state index contributed by atoms with van der Waals surface area (Å²) in [4.78, 5) is 5.18. The minimum atomic E-state index is -0.706. The predicted octanol–water partition coefficient (Wildman–Crippen LogP) is 4.61. The minimum absolute atomic E-state index is 0.358. The Morgan fingerprint density at radius 3 is 2.20 bits per heavy atom. The Morgan fingerprint density at radius 1 is 1.20 bits per heavy atom. The van der Waals surface area contributed by atoms with Crippen LogP contribution in [-0.2, 0) is 20.9 Å². The highest BCUT2D eigenvalue weighted by Gasteiger charge is 2.30. The predicted molar refractivity (Wildman–Crippen MR) is 100 cm³/mol. The topological polar surface area (TPSA) is 60.3 Å². The number of hydrogen-bond acceptors (Lipinski definition) is 5. The van der Waals surface area contributed by atoms with Crippen LogP contribution in [0.2, 0.25) is 0 Å². The normalized spacial score (nSPS) is 16.9. The van der Waals surface area contributed by atoms with E-state index in [1.807, 2.05) is 52.0 Å². The van der Waals surface area contributed by atoms with E-state index in [1.54, 1.807) is 6.92 Å². The Kier molecular flexibility index (Phi) is 7.90. The lowest BCUT2D eigenvalue weighted by Gasteiger charge is -2.26. The first kappa shape index (κ1) is 21.5. The zero-order valence-electron chi connectivity index (χ0n) is 16.6. The van der Waals surface area contributed by atoms with Crippen LogP contribution >= 0.6 is 0 Å². The minimum Gasteiger partial charge on any atom is -0.431 e. The van der Waals surface area contributed by atoms with Crippen LogP contribution in [0.3, 0.4) is 0 Å². The maximum absolute atomic E-state index is 9.47. The smallest absolute Gasteiger partial charge is 0.271 e. The van der Waals surface area contributed by atoms with Gasteiger partial charge in [0.15, 0.2) is 0 Å². The third-order valence-electron chi connectivity index (χ3n) is 3.31. The Morgan fingerprint density at radius 2 is 1.76 bits per heavy atom. The third kappa shape index (κ3) is 7.88. The first-order valence-corrected chi connectivity index (χ1v) is 8.95. The number of ether oxygens (including phenoxy) is 2. The number of aliphatic hydroxyl groups excluding tert-OH is 1. The molecule has 0 fully saturated rings. The quantitative estimate of drug-likeness (QED) is 0.813. The summed E-state index contributed by atoms with van der Waals surface area (Å²) in [5.41, 5.74) is 1.57. The summed E-state index contributed by atoms with van der Waals surface area (Å²) in [6, 6.07) is 7.82. The van der Waals surface area contributed by atoms with Crippen molar-refractivity contribution in [1.82, 2.24) is 0 Å². The summed E-state index contributed by atoms with van der Waals surface area (Å²) < 4.78 is 11.5. The van der Waals surface area contributed by atoms with E-state index in [0.717, 1.165) is 11.1 Å². The van der Waals surface area contributed by atoms with Crippen molar-refractivity contribution in [2.75, 3.05) is 0 Å². The van der Waals surface area contributed by atoms with Gasteiger partial charge in [-0.2, -0.15) is 0 Å². The molecule has 5 heteroatoms. The fourth-order valence-corrected chi connectivity index (χ4v) is 2.33. The van der Waals surface area contributed by atoms with Crippen LogP contribution in [0.4, 0.5) is 0 Å². The molecule has 0 saturated carbocycles. The number of hydrogen-bond donors (Lipinski definition) is 1. The zero-order valence-corrected chi connectivity index (χ0v) is 16.6. The Balaban J connectivity index is 0.000000970. The van der Waals surface area contributed by atoms with Gasteiger partial charge in [-0.25, -0.2) is 0 Å². The van der Waals surface area contributed by atoms with Crippen LogP contribution in [0.5, 0.6) is 0 Å². The van der Waals surface area contributed by atoms with Gasteiger partial charge in [-0.15, -0.1) is 0 Å². The second-order valence-corrected chi connectivity index (χ2v) is 7.50. The summed E-state index contributed by atoms with van der Waals surface area (Å²) in [5, 5.41) is 13.4. The van der Waals surface area contributed by atoms with Crippen LogP contribution in [0, 0.1) is 0 Å². The van der Waals surface area contributed by atoms with E-state index in [1.165, 1.54) is 6.42 Å². The SMILES string of the molecule is CC(O)CC(C)(C)OCc1ccc(C2=NOC(C)(C)O2)cc1.CCC. The Labute approximate surface area is 152 Å². The van der Waals surface area contributed by atoms with E-state index in [9.17, 15) is 5.11 Å². The van der Waals surface area contributed by atoms with Crippen LogP contribution in [0.1, 0.15) is 72.4 Å². The van der Waals surface area contributed by atoms with Crippen molar-refractivity contribution < 1.29 is 19.4 Å². The molecule has 0 spiro atoms.